The van der Waals surface area contributed by atoms with Crippen LogP contribution in [0.3, 0.4) is 0 Å². The van der Waals surface area contributed by atoms with Crippen LogP contribution in [0.5, 0.6) is 0 Å². The molecule has 1 saturated carbocycles. The topological polar surface area (TPSA) is 60.2 Å². The summed E-state index contributed by atoms with van der Waals surface area (Å²) in [5.74, 6) is 2.19. The van der Waals surface area contributed by atoms with Crippen LogP contribution < -0.4 is 5.32 Å². The van der Waals surface area contributed by atoms with Gasteiger partial charge in [0.15, 0.2) is 0 Å². The highest BCUT2D eigenvalue weighted by Gasteiger charge is 2.32. The van der Waals surface area contributed by atoms with Crippen LogP contribution in [0.25, 0.3) is 0 Å². The first-order chi connectivity index (χ1) is 9.28. The van der Waals surface area contributed by atoms with E-state index in [0.717, 1.165) is 31.2 Å². The Hall–Kier alpha value is -0.940. The van der Waals surface area contributed by atoms with E-state index >= 15 is 0 Å². The Morgan fingerprint density at radius 1 is 1.37 bits per heavy atom. The molecule has 0 spiro atoms. The molecule has 0 amide bonds. The third-order valence-corrected chi connectivity index (χ3v) is 3.56. The first-order valence-electron chi connectivity index (χ1n) is 7.45. The number of nitrogens with one attached hydrogen (secondary N) is 1. The van der Waals surface area contributed by atoms with Gasteiger partial charge in [0.05, 0.1) is 0 Å². The molecule has 1 aliphatic rings. The van der Waals surface area contributed by atoms with Gasteiger partial charge in [0.1, 0.15) is 6.10 Å². The minimum Gasteiger partial charge on any atom is -0.370 e. The number of likely N-dealkylation sites (N-methyl/N-ethyl adjacent to an activating group) is 1. The van der Waals surface area contributed by atoms with Crippen LogP contribution >= 0.6 is 0 Å². The molecule has 2 unspecified atom stereocenters. The van der Waals surface area contributed by atoms with Crippen molar-refractivity contribution in [3.8, 4) is 0 Å². The molecule has 19 heavy (non-hydrogen) atoms. The molecule has 1 aromatic rings. The van der Waals surface area contributed by atoms with Crippen molar-refractivity contribution in [2.75, 3.05) is 13.2 Å². The molecule has 2 rings (SSSR count). The van der Waals surface area contributed by atoms with Crippen molar-refractivity contribution in [2.24, 2.45) is 5.92 Å². The minimum absolute atomic E-state index is 0.0407. The molecule has 2 atom stereocenters. The minimum atomic E-state index is -0.0407. The zero-order chi connectivity index (χ0) is 13.7. The number of rotatable bonds is 9. The largest absolute Gasteiger partial charge is 0.370 e. The summed E-state index contributed by atoms with van der Waals surface area (Å²) in [5, 5.41) is 7.57. The average molecular weight is 267 g/mol. The molecule has 0 saturated heterocycles. The molecule has 0 aliphatic heterocycles. The van der Waals surface area contributed by atoms with Crippen molar-refractivity contribution in [3.63, 3.8) is 0 Å². The molecule has 0 bridgehead atoms. The fourth-order valence-electron chi connectivity index (χ4n) is 2.41. The molecule has 1 fully saturated rings. The summed E-state index contributed by atoms with van der Waals surface area (Å²) in [4.78, 5) is 4.49. The van der Waals surface area contributed by atoms with Crippen LogP contribution in [-0.2, 0) is 11.2 Å². The SMILES string of the molecule is CCNC(Cc1nc(C(CC)OCC)no1)C1CC1. The van der Waals surface area contributed by atoms with Gasteiger partial charge in [0.25, 0.3) is 0 Å². The van der Waals surface area contributed by atoms with Gasteiger partial charge in [0, 0.05) is 19.1 Å². The number of hydrogen-bond donors (Lipinski definition) is 1. The molecular weight excluding hydrogens is 242 g/mol. The van der Waals surface area contributed by atoms with Gasteiger partial charge in [-0.15, -0.1) is 0 Å². The first-order valence-corrected chi connectivity index (χ1v) is 7.45. The quantitative estimate of drug-likeness (QED) is 0.745. The lowest BCUT2D eigenvalue weighted by molar-refractivity contribution is 0.0518. The predicted molar refractivity (Wildman–Crippen MR) is 72.8 cm³/mol. The van der Waals surface area contributed by atoms with Gasteiger partial charge >= 0.3 is 0 Å². The third kappa shape index (κ3) is 4.01. The maximum absolute atomic E-state index is 5.60. The van der Waals surface area contributed by atoms with Crippen LogP contribution in [0.1, 0.15) is 57.9 Å². The summed E-state index contributed by atoms with van der Waals surface area (Å²) < 4.78 is 11.0. The normalized spacial score (nSPS) is 18.5. The van der Waals surface area contributed by atoms with Crippen LogP contribution in [-0.4, -0.2) is 29.3 Å². The van der Waals surface area contributed by atoms with E-state index in [-0.39, 0.29) is 6.10 Å². The summed E-state index contributed by atoms with van der Waals surface area (Å²) in [7, 11) is 0. The van der Waals surface area contributed by atoms with E-state index in [1.54, 1.807) is 0 Å². The standard InChI is InChI=1S/C14H25N3O2/c1-4-12(18-6-3)14-16-13(19-17-14)9-11(15-5-2)10-7-8-10/h10-12,15H,4-9H2,1-3H3. The molecule has 5 heteroatoms. The van der Waals surface area contributed by atoms with Gasteiger partial charge in [-0.05, 0) is 38.6 Å². The maximum Gasteiger partial charge on any atom is 0.228 e. The van der Waals surface area contributed by atoms with E-state index in [9.17, 15) is 0 Å². The van der Waals surface area contributed by atoms with Gasteiger partial charge in [0.2, 0.25) is 11.7 Å². The molecule has 108 valence electrons. The van der Waals surface area contributed by atoms with E-state index in [4.69, 9.17) is 9.26 Å². The zero-order valence-electron chi connectivity index (χ0n) is 12.2. The highest BCUT2D eigenvalue weighted by atomic mass is 16.5. The van der Waals surface area contributed by atoms with Crippen molar-refractivity contribution in [3.05, 3.63) is 11.7 Å². The molecule has 0 aromatic carbocycles. The predicted octanol–water partition coefficient (Wildman–Crippen LogP) is 2.49. The van der Waals surface area contributed by atoms with Crippen LogP contribution in [0.15, 0.2) is 4.52 Å². The number of ether oxygens (including phenoxy) is 1. The molecule has 1 heterocycles. The second-order valence-electron chi connectivity index (χ2n) is 5.10. The Labute approximate surface area is 115 Å². The Balaban J connectivity index is 1.95. The molecule has 1 N–H and O–H groups in total. The molecule has 1 aliphatic carbocycles. The van der Waals surface area contributed by atoms with Gasteiger partial charge in [-0.1, -0.05) is 19.0 Å². The van der Waals surface area contributed by atoms with Crippen LogP contribution in [0.2, 0.25) is 0 Å². The van der Waals surface area contributed by atoms with E-state index in [2.05, 4.69) is 29.3 Å². The second-order valence-corrected chi connectivity index (χ2v) is 5.10. The third-order valence-electron chi connectivity index (χ3n) is 3.56. The molecule has 5 nitrogen and oxygen atoms in total. The van der Waals surface area contributed by atoms with Crippen molar-refractivity contribution < 1.29 is 9.26 Å². The lowest BCUT2D eigenvalue weighted by Crippen LogP contribution is -2.33. The molecular formula is C14H25N3O2. The van der Waals surface area contributed by atoms with Crippen LogP contribution in [0, 0.1) is 5.92 Å². The van der Waals surface area contributed by atoms with Gasteiger partial charge in [-0.3, -0.25) is 0 Å². The van der Waals surface area contributed by atoms with E-state index in [1.165, 1.54) is 12.8 Å². The highest BCUT2D eigenvalue weighted by Crippen LogP contribution is 2.34. The summed E-state index contributed by atoms with van der Waals surface area (Å²) in [6, 6.07) is 0.477. The Morgan fingerprint density at radius 3 is 2.74 bits per heavy atom. The highest BCUT2D eigenvalue weighted by molar-refractivity contribution is 4.96. The van der Waals surface area contributed by atoms with E-state index < -0.39 is 0 Å². The number of hydrogen-bond acceptors (Lipinski definition) is 5. The summed E-state index contributed by atoms with van der Waals surface area (Å²) >= 11 is 0. The molecule has 1 aromatic heterocycles. The Bertz CT molecular complexity index is 377. The van der Waals surface area contributed by atoms with Crippen molar-refractivity contribution >= 4 is 0 Å². The van der Waals surface area contributed by atoms with E-state index in [0.29, 0.717) is 18.5 Å². The second kappa shape index (κ2) is 7.01. The van der Waals surface area contributed by atoms with Crippen molar-refractivity contribution in [1.82, 2.24) is 15.5 Å². The average Bonchev–Trinajstić information content (AvgIpc) is 3.16. The Kier molecular flexibility index (Phi) is 5.34. The van der Waals surface area contributed by atoms with Crippen molar-refractivity contribution in [1.29, 1.82) is 0 Å². The van der Waals surface area contributed by atoms with E-state index in [1.807, 2.05) is 6.92 Å². The fraction of sp³-hybridized carbons (Fsp3) is 0.857. The summed E-state index contributed by atoms with van der Waals surface area (Å²) in [6.45, 7) is 7.85. The smallest absolute Gasteiger partial charge is 0.228 e. The maximum atomic E-state index is 5.60. The number of aromatic nitrogens is 2. The summed E-state index contributed by atoms with van der Waals surface area (Å²) in [5.41, 5.74) is 0. The first kappa shape index (κ1) is 14.5. The number of nitrogens with zero attached hydrogens (tertiary/aromatic N) is 2. The fourth-order valence-corrected chi connectivity index (χ4v) is 2.41. The lowest BCUT2D eigenvalue weighted by Gasteiger charge is -2.14. The van der Waals surface area contributed by atoms with Crippen LogP contribution in [0.4, 0.5) is 0 Å². The summed E-state index contributed by atoms with van der Waals surface area (Å²) in [6.07, 6.45) is 4.28. The van der Waals surface area contributed by atoms with Gasteiger partial charge in [-0.2, -0.15) is 4.98 Å². The molecule has 0 radical (unpaired) electrons. The van der Waals surface area contributed by atoms with Gasteiger partial charge in [-0.25, -0.2) is 0 Å². The Morgan fingerprint density at radius 2 is 2.16 bits per heavy atom. The van der Waals surface area contributed by atoms with Crippen molar-refractivity contribution in [2.45, 2.75) is 58.6 Å². The monoisotopic (exact) mass is 267 g/mol. The van der Waals surface area contributed by atoms with Gasteiger partial charge < -0.3 is 14.6 Å². The zero-order valence-corrected chi connectivity index (χ0v) is 12.2. The lowest BCUT2D eigenvalue weighted by atomic mass is 10.1.